The second kappa shape index (κ2) is 6.76. The Morgan fingerprint density at radius 1 is 1.60 bits per heavy atom. The molecule has 0 aliphatic carbocycles. The van der Waals surface area contributed by atoms with E-state index in [1.807, 2.05) is 6.92 Å². The Hall–Kier alpha value is -0.650. The summed E-state index contributed by atoms with van der Waals surface area (Å²) in [6.07, 6.45) is 1.44. The summed E-state index contributed by atoms with van der Waals surface area (Å²) in [4.78, 5) is 11.1. The minimum atomic E-state index is -1.52. The number of hydrogen-bond donors (Lipinski definition) is 3. The van der Waals surface area contributed by atoms with Gasteiger partial charge in [-0.2, -0.15) is 0 Å². The quantitative estimate of drug-likeness (QED) is 0.511. The van der Waals surface area contributed by atoms with E-state index < -0.39 is 11.6 Å². The lowest BCUT2D eigenvalue weighted by Crippen LogP contribution is -2.48. The van der Waals surface area contributed by atoms with Gasteiger partial charge >= 0.3 is 5.97 Å². The number of esters is 1. The van der Waals surface area contributed by atoms with Crippen LogP contribution in [0.25, 0.3) is 0 Å². The summed E-state index contributed by atoms with van der Waals surface area (Å²) in [6.45, 7) is 3.59. The van der Waals surface area contributed by atoms with Crippen LogP contribution in [0.4, 0.5) is 0 Å². The standard InChI is InChI=1S/C10H21NO4/c1-4-8(5-6-12)11-7-10(2,14)9(13)15-3/h8,11-12,14H,4-7H2,1-3H3. The molecule has 15 heavy (non-hydrogen) atoms. The van der Waals surface area contributed by atoms with Gasteiger partial charge in [0.15, 0.2) is 5.60 Å². The van der Waals surface area contributed by atoms with Crippen LogP contribution in [0, 0.1) is 0 Å². The molecule has 2 unspecified atom stereocenters. The van der Waals surface area contributed by atoms with Crippen molar-refractivity contribution < 1.29 is 19.7 Å². The van der Waals surface area contributed by atoms with Gasteiger partial charge in [-0.05, 0) is 19.8 Å². The zero-order chi connectivity index (χ0) is 11.9. The van der Waals surface area contributed by atoms with Gasteiger partial charge in [0.1, 0.15) is 0 Å². The first-order chi connectivity index (χ1) is 6.97. The molecule has 90 valence electrons. The van der Waals surface area contributed by atoms with E-state index in [4.69, 9.17) is 5.11 Å². The molecular weight excluding hydrogens is 198 g/mol. The van der Waals surface area contributed by atoms with Crippen LogP contribution in [0.15, 0.2) is 0 Å². The molecule has 0 aliphatic rings. The SMILES string of the molecule is CCC(CCO)NCC(C)(O)C(=O)OC. The average Bonchev–Trinajstić information content (AvgIpc) is 2.22. The lowest BCUT2D eigenvalue weighted by molar-refractivity contribution is -0.160. The molecule has 0 heterocycles. The molecule has 3 N–H and O–H groups in total. The minimum Gasteiger partial charge on any atom is -0.467 e. The van der Waals surface area contributed by atoms with Gasteiger partial charge in [-0.25, -0.2) is 4.79 Å². The van der Waals surface area contributed by atoms with E-state index >= 15 is 0 Å². The highest BCUT2D eigenvalue weighted by atomic mass is 16.5. The molecule has 5 heteroatoms. The summed E-state index contributed by atoms with van der Waals surface area (Å²) in [5.74, 6) is -0.658. The van der Waals surface area contributed by atoms with Gasteiger partial charge in [-0.3, -0.25) is 0 Å². The maximum Gasteiger partial charge on any atom is 0.338 e. The molecule has 0 fully saturated rings. The molecule has 5 nitrogen and oxygen atoms in total. The predicted molar refractivity (Wildman–Crippen MR) is 56.4 cm³/mol. The number of aliphatic hydroxyl groups excluding tert-OH is 1. The number of aliphatic hydroxyl groups is 2. The Kier molecular flexibility index (Phi) is 6.47. The fourth-order valence-corrected chi connectivity index (χ4v) is 1.24. The molecule has 0 amide bonds. The Morgan fingerprint density at radius 2 is 2.20 bits per heavy atom. The largest absolute Gasteiger partial charge is 0.467 e. The van der Waals surface area contributed by atoms with E-state index in [0.717, 1.165) is 6.42 Å². The van der Waals surface area contributed by atoms with Crippen molar-refractivity contribution in [3.05, 3.63) is 0 Å². The van der Waals surface area contributed by atoms with Crippen LogP contribution in [-0.2, 0) is 9.53 Å². The maximum absolute atomic E-state index is 11.1. The second-order valence-corrected chi connectivity index (χ2v) is 3.76. The topological polar surface area (TPSA) is 78.8 Å². The third-order valence-corrected chi connectivity index (χ3v) is 2.33. The number of rotatable bonds is 7. The summed E-state index contributed by atoms with van der Waals surface area (Å²) in [7, 11) is 1.24. The third kappa shape index (κ3) is 5.11. The second-order valence-electron chi connectivity index (χ2n) is 3.76. The molecule has 0 aromatic carbocycles. The van der Waals surface area contributed by atoms with Crippen LogP contribution in [0.1, 0.15) is 26.7 Å². The summed E-state index contributed by atoms with van der Waals surface area (Å²) < 4.78 is 4.46. The molecule has 0 aromatic rings. The molecule has 2 atom stereocenters. The summed E-state index contributed by atoms with van der Waals surface area (Å²) in [5.41, 5.74) is -1.52. The van der Waals surface area contributed by atoms with Gasteiger partial charge < -0.3 is 20.3 Å². The maximum atomic E-state index is 11.1. The van der Waals surface area contributed by atoms with Gasteiger partial charge in [-0.15, -0.1) is 0 Å². The molecule has 0 saturated carbocycles. The van der Waals surface area contributed by atoms with Crippen molar-refractivity contribution in [2.24, 2.45) is 0 Å². The Labute approximate surface area is 90.4 Å². The van der Waals surface area contributed by atoms with Crippen LogP contribution >= 0.6 is 0 Å². The first kappa shape index (κ1) is 14.3. The number of carbonyl (C=O) groups is 1. The number of methoxy groups -OCH3 is 1. The summed E-state index contributed by atoms with van der Waals surface area (Å²) >= 11 is 0. The molecule has 0 aromatic heterocycles. The molecule has 0 saturated heterocycles. The van der Waals surface area contributed by atoms with Crippen molar-refractivity contribution in [3.8, 4) is 0 Å². The van der Waals surface area contributed by atoms with Crippen LogP contribution in [0.3, 0.4) is 0 Å². The van der Waals surface area contributed by atoms with Crippen molar-refractivity contribution in [2.45, 2.75) is 38.3 Å². The van der Waals surface area contributed by atoms with Crippen molar-refractivity contribution in [1.29, 1.82) is 0 Å². The highest BCUT2D eigenvalue weighted by Gasteiger charge is 2.31. The zero-order valence-electron chi connectivity index (χ0n) is 9.62. The third-order valence-electron chi connectivity index (χ3n) is 2.33. The Bertz CT molecular complexity index is 194. The Balaban J connectivity index is 4.05. The van der Waals surface area contributed by atoms with E-state index in [0.29, 0.717) is 6.42 Å². The highest BCUT2D eigenvalue weighted by molar-refractivity contribution is 5.78. The van der Waals surface area contributed by atoms with Gasteiger partial charge in [-0.1, -0.05) is 6.92 Å². The normalized spacial score (nSPS) is 16.9. The highest BCUT2D eigenvalue weighted by Crippen LogP contribution is 2.06. The lowest BCUT2D eigenvalue weighted by Gasteiger charge is -2.24. The predicted octanol–water partition coefficient (Wildman–Crippen LogP) is -0.339. The molecule has 0 aliphatic heterocycles. The number of carbonyl (C=O) groups excluding carboxylic acids is 1. The van der Waals surface area contributed by atoms with Gasteiger partial charge in [0, 0.05) is 19.2 Å². The first-order valence-corrected chi connectivity index (χ1v) is 5.13. The molecule has 0 rings (SSSR count). The van der Waals surface area contributed by atoms with Gasteiger partial charge in [0.25, 0.3) is 0 Å². The summed E-state index contributed by atoms with van der Waals surface area (Å²) in [6, 6.07) is 0.103. The van der Waals surface area contributed by atoms with E-state index in [-0.39, 0.29) is 19.2 Å². The van der Waals surface area contributed by atoms with Crippen molar-refractivity contribution in [3.63, 3.8) is 0 Å². The van der Waals surface area contributed by atoms with Crippen LogP contribution < -0.4 is 5.32 Å². The van der Waals surface area contributed by atoms with Gasteiger partial charge in [0.05, 0.1) is 7.11 Å². The van der Waals surface area contributed by atoms with Crippen LogP contribution in [0.5, 0.6) is 0 Å². The van der Waals surface area contributed by atoms with E-state index in [1.165, 1.54) is 14.0 Å². The fourth-order valence-electron chi connectivity index (χ4n) is 1.24. The fraction of sp³-hybridized carbons (Fsp3) is 0.900. The molecule has 0 bridgehead atoms. The van der Waals surface area contributed by atoms with Gasteiger partial charge in [0.2, 0.25) is 0 Å². The van der Waals surface area contributed by atoms with Crippen molar-refractivity contribution >= 4 is 5.97 Å². The minimum absolute atomic E-state index is 0.0892. The lowest BCUT2D eigenvalue weighted by atomic mass is 10.1. The number of hydrogen-bond acceptors (Lipinski definition) is 5. The average molecular weight is 219 g/mol. The zero-order valence-corrected chi connectivity index (χ0v) is 9.62. The Morgan fingerprint density at radius 3 is 2.60 bits per heavy atom. The monoisotopic (exact) mass is 219 g/mol. The van der Waals surface area contributed by atoms with E-state index in [1.54, 1.807) is 0 Å². The number of nitrogens with one attached hydrogen (secondary N) is 1. The molecular formula is C10H21NO4. The molecule has 0 spiro atoms. The van der Waals surface area contributed by atoms with Crippen LogP contribution in [-0.4, -0.2) is 48.1 Å². The number of ether oxygens (including phenoxy) is 1. The van der Waals surface area contributed by atoms with E-state index in [9.17, 15) is 9.90 Å². The first-order valence-electron chi connectivity index (χ1n) is 5.13. The van der Waals surface area contributed by atoms with E-state index in [2.05, 4.69) is 10.1 Å². The smallest absolute Gasteiger partial charge is 0.338 e. The van der Waals surface area contributed by atoms with Crippen molar-refractivity contribution in [1.82, 2.24) is 5.32 Å². The molecule has 0 radical (unpaired) electrons. The summed E-state index contributed by atoms with van der Waals surface area (Å²) in [5, 5.41) is 21.5. The van der Waals surface area contributed by atoms with Crippen molar-refractivity contribution in [2.75, 3.05) is 20.3 Å². The van der Waals surface area contributed by atoms with Crippen LogP contribution in [0.2, 0.25) is 0 Å².